The zero-order chi connectivity index (χ0) is 77.6. The summed E-state index contributed by atoms with van der Waals surface area (Å²) in [4.78, 5) is 16.5. The third-order valence-corrected chi connectivity index (χ3v) is 25.5. The summed E-state index contributed by atoms with van der Waals surface area (Å²) in [5.74, 6) is 1.70. The molecule has 0 fully saturated rings. The second-order valence-electron chi connectivity index (χ2n) is 32.1. The van der Waals surface area contributed by atoms with Crippen LogP contribution in [0, 0.1) is 0 Å². The predicted molar refractivity (Wildman–Crippen MR) is 491 cm³/mol. The van der Waals surface area contributed by atoms with E-state index in [1.807, 2.05) is 12.1 Å². The average Bonchev–Trinajstić information content (AvgIpc) is 1.54. The Bertz CT molecular complexity index is 8340. The Morgan fingerprint density at radius 1 is 0.212 bits per heavy atom. The van der Waals surface area contributed by atoms with Crippen molar-refractivity contribution < 1.29 is 0 Å². The third-order valence-electron chi connectivity index (χ3n) is 25.5. The summed E-state index contributed by atoms with van der Waals surface area (Å²) < 4.78 is 12.2. The predicted octanol–water partition coefficient (Wildman–Crippen LogP) is 28.3. The lowest BCUT2D eigenvalue weighted by Gasteiger charge is -2.22. The highest BCUT2D eigenvalue weighted by atomic mass is 15.2. The zero-order valence-electron chi connectivity index (χ0n) is 64.5. The lowest BCUT2D eigenvalue weighted by atomic mass is 9.82. The molecule has 1 aliphatic carbocycles. The molecule has 8 heteroatoms. The van der Waals surface area contributed by atoms with Crippen molar-refractivity contribution in [2.45, 2.75) is 19.3 Å². The number of rotatable bonds is 10. The molecule has 0 spiro atoms. The molecule has 0 atom stereocenters. The highest BCUT2D eigenvalue weighted by Crippen LogP contribution is 2.53. The molecule has 118 heavy (non-hydrogen) atoms. The lowest BCUT2D eigenvalue weighted by molar-refractivity contribution is 0.660. The lowest BCUT2D eigenvalue weighted by Crippen LogP contribution is -2.15. The first-order valence-electron chi connectivity index (χ1n) is 40.6. The molecular weight excluding hydrogens is 1430 g/mol. The minimum absolute atomic E-state index is 0.164. The Balaban J connectivity index is 0.696. The molecule has 1 aliphatic rings. The van der Waals surface area contributed by atoms with Crippen molar-refractivity contribution in [1.82, 2.24) is 37.8 Å². The summed E-state index contributed by atoms with van der Waals surface area (Å²) in [7, 11) is 0. The van der Waals surface area contributed by atoms with E-state index < -0.39 is 0 Å². The molecule has 6 heterocycles. The first-order valence-corrected chi connectivity index (χ1v) is 40.6. The number of benzene rings is 18. The Kier molecular flexibility index (Phi) is 14.1. The second-order valence-corrected chi connectivity index (χ2v) is 32.1. The van der Waals surface area contributed by atoms with Gasteiger partial charge in [0.2, 0.25) is 5.95 Å². The summed E-state index contributed by atoms with van der Waals surface area (Å²) in [6.07, 6.45) is 0. The van der Waals surface area contributed by atoms with Crippen LogP contribution in [0.2, 0.25) is 0 Å². The number of hydrogen-bond donors (Lipinski definition) is 0. The fourth-order valence-electron chi connectivity index (χ4n) is 20.3. The average molecular weight is 1500 g/mol. The van der Waals surface area contributed by atoms with Gasteiger partial charge in [-0.1, -0.05) is 281 Å². The summed E-state index contributed by atoms with van der Waals surface area (Å²) in [5, 5.41) is 16.4. The van der Waals surface area contributed by atoms with Gasteiger partial charge in [0.1, 0.15) is 0 Å². The van der Waals surface area contributed by atoms with Gasteiger partial charge in [-0.25, -0.2) is 4.98 Å². The normalized spacial score (nSPS) is 12.7. The van der Waals surface area contributed by atoms with E-state index in [1.165, 1.54) is 98.4 Å². The van der Waals surface area contributed by atoms with Gasteiger partial charge >= 0.3 is 0 Å². The van der Waals surface area contributed by atoms with E-state index in [2.05, 4.69) is 413 Å². The number of fused-ring (bicyclic) bond motifs is 20. The van der Waals surface area contributed by atoms with Crippen LogP contribution in [-0.2, 0) is 5.41 Å². The minimum Gasteiger partial charge on any atom is -0.309 e. The Morgan fingerprint density at radius 2 is 0.610 bits per heavy atom. The van der Waals surface area contributed by atoms with Gasteiger partial charge in [-0.3, -0.25) is 4.57 Å². The first kappa shape index (κ1) is 66.0. The van der Waals surface area contributed by atoms with Crippen molar-refractivity contribution in [3.63, 3.8) is 0 Å². The van der Waals surface area contributed by atoms with Crippen LogP contribution in [0.4, 0.5) is 0 Å². The van der Waals surface area contributed by atoms with Crippen molar-refractivity contribution in [1.29, 1.82) is 0 Å². The molecule has 24 aromatic rings. The fourth-order valence-corrected chi connectivity index (χ4v) is 20.3. The van der Waals surface area contributed by atoms with Gasteiger partial charge < -0.3 is 18.3 Å². The minimum atomic E-state index is -0.164. The number of para-hydroxylation sites is 5. The highest BCUT2D eigenvalue weighted by molar-refractivity contribution is 6.26. The molecule has 0 bridgehead atoms. The molecule has 8 nitrogen and oxygen atoms in total. The van der Waals surface area contributed by atoms with Crippen LogP contribution in [0.25, 0.3) is 227 Å². The van der Waals surface area contributed by atoms with E-state index in [-0.39, 0.29) is 5.41 Å². The van der Waals surface area contributed by atoms with Crippen molar-refractivity contribution >= 4 is 131 Å². The Morgan fingerprint density at radius 3 is 1.21 bits per heavy atom. The maximum absolute atomic E-state index is 5.61. The molecule has 25 rings (SSSR count). The number of aromatic nitrogens is 8. The summed E-state index contributed by atoms with van der Waals surface area (Å²) >= 11 is 0. The van der Waals surface area contributed by atoms with Crippen molar-refractivity contribution in [3.05, 3.63) is 399 Å². The van der Waals surface area contributed by atoms with Gasteiger partial charge in [0, 0.05) is 104 Å². The van der Waals surface area contributed by atoms with E-state index in [9.17, 15) is 0 Å². The zero-order valence-corrected chi connectivity index (χ0v) is 64.5. The quantitative estimate of drug-likeness (QED) is 0.137. The van der Waals surface area contributed by atoms with Gasteiger partial charge in [0.05, 0.1) is 55.2 Å². The molecule has 0 amide bonds. The Labute approximate surface area is 678 Å². The topological polar surface area (TPSA) is 63.3 Å². The van der Waals surface area contributed by atoms with Crippen molar-refractivity contribution in [2.75, 3.05) is 0 Å². The molecule has 6 aromatic heterocycles. The molecule has 0 saturated heterocycles. The van der Waals surface area contributed by atoms with E-state index in [0.29, 0.717) is 17.6 Å². The molecular formula is C110H70N8. The molecule has 0 N–H and O–H groups in total. The summed E-state index contributed by atoms with van der Waals surface area (Å²) in [5.41, 5.74) is 29.3. The van der Waals surface area contributed by atoms with Crippen molar-refractivity contribution in [3.8, 4) is 96.0 Å². The van der Waals surface area contributed by atoms with Crippen LogP contribution in [0.3, 0.4) is 0 Å². The van der Waals surface area contributed by atoms with Gasteiger partial charge in [0.25, 0.3) is 0 Å². The van der Waals surface area contributed by atoms with Gasteiger partial charge in [0.15, 0.2) is 11.6 Å². The second kappa shape index (κ2) is 25.2. The maximum atomic E-state index is 5.61. The number of nitrogens with zero attached hydrogens (tertiary/aromatic N) is 8. The van der Waals surface area contributed by atoms with Crippen LogP contribution in [0.5, 0.6) is 0 Å². The van der Waals surface area contributed by atoms with Gasteiger partial charge in [-0.05, 0) is 187 Å². The van der Waals surface area contributed by atoms with Gasteiger partial charge in [-0.15, -0.1) is 0 Å². The third kappa shape index (κ3) is 9.62. The molecule has 0 radical (unpaired) electrons. The van der Waals surface area contributed by atoms with Crippen LogP contribution in [0.15, 0.2) is 388 Å². The van der Waals surface area contributed by atoms with E-state index >= 15 is 0 Å². The monoisotopic (exact) mass is 1500 g/mol. The molecule has 0 saturated carbocycles. The Hall–Kier alpha value is -15.5. The summed E-state index contributed by atoms with van der Waals surface area (Å²) in [6.45, 7) is 4.73. The van der Waals surface area contributed by atoms with Crippen LogP contribution in [0.1, 0.15) is 25.0 Å². The largest absolute Gasteiger partial charge is 0.309 e. The van der Waals surface area contributed by atoms with Crippen molar-refractivity contribution in [2.24, 2.45) is 0 Å². The smallest absolute Gasteiger partial charge is 0.238 e. The highest BCUT2D eigenvalue weighted by Gasteiger charge is 2.36. The van der Waals surface area contributed by atoms with Crippen LogP contribution < -0.4 is 0 Å². The molecule has 0 unspecified atom stereocenters. The molecule has 0 aliphatic heterocycles. The standard InChI is InChI=1S/C110H70N8/c1-110(2)92-46-21-16-40-81(92)82-56-54-77(66-93(82)110)116-95-48-23-18-42-84(95)88-64-73(53-58-99(88)116)103-79-39-15-13-33-71(79)62-91-104-80(45-27-51-101(104)118(106(91)103)109-112-107(67-28-6-3-7-29-67)111-108(113-109)68-30-8-4-9-31-68)69-34-26-37-75(60-69)115-96-49-24-19-43-85(96)89-65-76(55-59-100(89)115)117-97-50-25-20-44-86(97)90-61-70-32-12-14-38-78(70)102(105(90)117)72-52-57-98-87(63-72)83-41-17-22-47-94(83)114(98)74-35-10-5-11-36-74/h3-66H,1-2H3. The van der Waals surface area contributed by atoms with E-state index in [1.54, 1.807) is 0 Å². The first-order chi connectivity index (χ1) is 58.3. The van der Waals surface area contributed by atoms with Gasteiger partial charge in [-0.2, -0.15) is 9.97 Å². The SMILES string of the molecule is CC1(C)c2ccccc2-c2ccc(-n3c4ccccc4c4cc(-c5c6ccccc6cc6c7c(-c8cccc(-n9c%10ccccc%10c%10cc(-n%11c%12ccccc%12c%12cc%13ccccc%13c(-c%13ccc%14c(c%13)c%13ccccc%13n%14-c%13ccccc%13)c%12%11)ccc%109)c8)cccc7n(-c7nc(-c8ccccc8)nc(-c8ccccc8)n7)c56)ccc43)cc21. The van der Waals surface area contributed by atoms with E-state index in [4.69, 9.17) is 15.0 Å². The van der Waals surface area contributed by atoms with E-state index in [0.717, 1.165) is 122 Å². The summed E-state index contributed by atoms with van der Waals surface area (Å²) in [6, 6.07) is 143. The molecule has 18 aromatic carbocycles. The maximum Gasteiger partial charge on any atom is 0.238 e. The van der Waals surface area contributed by atoms with Crippen LogP contribution >= 0.6 is 0 Å². The fraction of sp³-hybridized carbons (Fsp3) is 0.0273. The number of hydrogen-bond acceptors (Lipinski definition) is 3. The van der Waals surface area contributed by atoms with Crippen LogP contribution in [-0.4, -0.2) is 37.8 Å². The molecule has 550 valence electrons.